The van der Waals surface area contributed by atoms with Crippen molar-refractivity contribution in [2.24, 2.45) is 0 Å². The normalized spacial score (nSPS) is 1.17. The van der Waals surface area contributed by atoms with Gasteiger partial charge in [0.25, 0.3) is 0 Å². The van der Waals surface area contributed by atoms with E-state index < -0.39 is 0 Å². The first-order valence-corrected chi connectivity index (χ1v) is 3.16. The molecular weight excluding hydrogens is 402 g/mol. The standard InChI is InChI=1S/Cd.In.Mg.2O.Sn.3H/q;;+2;;;;;2*-1. The monoisotopic (exact) mass is 408 g/mol. The summed E-state index contributed by atoms with van der Waals surface area (Å²) in [4.78, 5) is 0. The maximum absolute atomic E-state index is 8.38. The zero-order valence-electron chi connectivity index (χ0n) is 5.39. The van der Waals surface area contributed by atoms with Crippen LogP contribution in [-0.2, 0) is 33.2 Å². The van der Waals surface area contributed by atoms with Crippen molar-refractivity contribution in [2.45, 2.75) is 0 Å². The van der Waals surface area contributed by atoms with Crippen molar-refractivity contribution in [3.05, 3.63) is 0 Å². The molecule has 0 fully saturated rings. The van der Waals surface area contributed by atoms with Crippen LogP contribution in [0, 0.1) is 0 Å². The van der Waals surface area contributed by atoms with E-state index in [1.165, 1.54) is 0 Å². The molecule has 0 aliphatic heterocycles. The van der Waals surface area contributed by atoms with Crippen LogP contribution in [0.3, 0.4) is 0 Å². The molecule has 0 rings (SSSR count). The third-order valence-corrected chi connectivity index (χ3v) is 0. The molecule has 0 saturated heterocycles. The summed E-state index contributed by atoms with van der Waals surface area (Å²) in [5.74, 6) is 0. The van der Waals surface area contributed by atoms with E-state index in [0.717, 1.165) is 0 Å². The summed E-state index contributed by atoms with van der Waals surface area (Å²) >= 11 is 0.200. The van der Waals surface area contributed by atoms with Crippen LogP contribution in [0.1, 0.15) is 2.85 Å². The fourth-order valence-electron chi connectivity index (χ4n) is 0. The van der Waals surface area contributed by atoms with Gasteiger partial charge in [0.05, 0.1) is 0 Å². The molecule has 0 aromatic heterocycles. The van der Waals surface area contributed by atoms with Gasteiger partial charge in [-0.15, -0.1) is 0 Å². The number of hydrogen-bond acceptors (Lipinski definition) is 2. The minimum absolute atomic E-state index is 0. The van der Waals surface area contributed by atoms with Crippen molar-refractivity contribution in [3.8, 4) is 0 Å². The van der Waals surface area contributed by atoms with Gasteiger partial charge < -0.3 is 2.85 Å². The van der Waals surface area contributed by atoms with Gasteiger partial charge in [-0.1, -0.05) is 0 Å². The quantitative estimate of drug-likeness (QED) is 0.464. The van der Waals surface area contributed by atoms with Crippen molar-refractivity contribution in [3.63, 3.8) is 0 Å². The Hall–Kier alpha value is 2.96. The van der Waals surface area contributed by atoms with Gasteiger partial charge in [-0.2, -0.15) is 0 Å². The average Bonchev–Trinajstić information content (AvgIpc) is 1.50. The maximum atomic E-state index is 8.38. The number of rotatable bonds is 0. The molecule has 0 aliphatic rings. The predicted octanol–water partition coefficient (Wildman–Crippen LogP) is -1.43. The van der Waals surface area contributed by atoms with Gasteiger partial charge in [-0.05, 0) is 0 Å². The Morgan fingerprint density at radius 1 is 1.33 bits per heavy atom. The first kappa shape index (κ1) is 23.1. The van der Waals surface area contributed by atoms with Crippen LogP contribution in [0.25, 0.3) is 0 Å². The molecule has 0 spiro atoms. The summed E-state index contributed by atoms with van der Waals surface area (Å²) in [6, 6.07) is 0. The van der Waals surface area contributed by atoms with Gasteiger partial charge in [0.2, 0.25) is 0 Å². The predicted molar refractivity (Wildman–Crippen MR) is 22.3 cm³/mol. The Balaban J connectivity index is -0.00000000167. The molecule has 0 aromatic rings. The van der Waals surface area contributed by atoms with E-state index >= 15 is 0 Å². The summed E-state index contributed by atoms with van der Waals surface area (Å²) in [7, 11) is 0. The summed E-state index contributed by atoms with van der Waals surface area (Å²) in [5, 5.41) is 0. The second kappa shape index (κ2) is 44.0. The van der Waals surface area contributed by atoms with Gasteiger partial charge in [0, 0.05) is 27.3 Å². The summed E-state index contributed by atoms with van der Waals surface area (Å²) in [6.07, 6.45) is 0. The van der Waals surface area contributed by atoms with Crippen molar-refractivity contribution >= 4 is 69.9 Å². The van der Waals surface area contributed by atoms with Crippen molar-refractivity contribution in [1.82, 2.24) is 0 Å². The molecule has 0 aliphatic carbocycles. The SMILES string of the molecule is [Cd].[H-].[H-].[Mg+2].[O]=[In].[O]=[SnH]. The molecule has 6 heteroatoms. The Morgan fingerprint density at radius 3 is 1.33 bits per heavy atom. The van der Waals surface area contributed by atoms with Crippen LogP contribution < -0.4 is 0 Å². The third-order valence-electron chi connectivity index (χ3n) is 0. The average molecular weight is 405 g/mol. The molecule has 0 saturated carbocycles. The van der Waals surface area contributed by atoms with E-state index in [1.807, 2.05) is 0 Å². The Kier molecular flexibility index (Phi) is 169. The molecule has 2 nitrogen and oxygen atoms in total. The van der Waals surface area contributed by atoms with Gasteiger partial charge in [-0.25, -0.2) is 0 Å². The molecule has 0 unspecified atom stereocenters. The fourth-order valence-corrected chi connectivity index (χ4v) is 0. The molecule has 0 N–H and O–H groups in total. The zero-order chi connectivity index (χ0) is 4.00. The van der Waals surface area contributed by atoms with E-state index in [4.69, 9.17) is 5.93 Å². The summed E-state index contributed by atoms with van der Waals surface area (Å²) in [5.41, 5.74) is 0. The van der Waals surface area contributed by atoms with Crippen molar-refractivity contribution in [1.29, 1.82) is 0 Å². The van der Waals surface area contributed by atoms with E-state index in [1.54, 1.807) is 0 Å². The summed E-state index contributed by atoms with van der Waals surface area (Å²) < 4.78 is 16.8. The molecule has 0 bridgehead atoms. The first-order chi connectivity index (χ1) is 2.00. The summed E-state index contributed by atoms with van der Waals surface area (Å²) in [6.45, 7) is 0. The molecule has 2 radical (unpaired) electrons. The third kappa shape index (κ3) is 28.2. The molecule has 0 heterocycles. The van der Waals surface area contributed by atoms with Gasteiger partial charge in [-0.3, -0.25) is 0 Å². The van der Waals surface area contributed by atoms with Gasteiger partial charge in [0.15, 0.2) is 0 Å². The van der Waals surface area contributed by atoms with Crippen molar-refractivity contribution < 1.29 is 36.1 Å². The van der Waals surface area contributed by atoms with E-state index in [-0.39, 0.29) is 100 Å². The molecule has 6 heavy (non-hydrogen) atoms. The second-order valence-electron chi connectivity index (χ2n) is 0. The van der Waals surface area contributed by atoms with Crippen LogP contribution >= 0.6 is 0 Å². The van der Waals surface area contributed by atoms with Crippen LogP contribution in [0.2, 0.25) is 0 Å². The molecule has 0 amide bonds. The van der Waals surface area contributed by atoms with Gasteiger partial charge in [0.1, 0.15) is 0 Å². The zero-order valence-corrected chi connectivity index (χ0v) is 15.4. The molecule has 26 valence electrons. The Morgan fingerprint density at radius 2 is 1.33 bits per heavy atom. The first-order valence-electron chi connectivity index (χ1n) is 0.471. The van der Waals surface area contributed by atoms with Gasteiger partial charge >= 0.3 is 75.9 Å². The Bertz CT molecular complexity index is 22.0. The Labute approximate surface area is 104 Å². The van der Waals surface area contributed by atoms with Crippen LogP contribution in [-0.4, -0.2) is 69.9 Å². The topological polar surface area (TPSA) is 34.1 Å². The van der Waals surface area contributed by atoms with Crippen LogP contribution in [0.4, 0.5) is 0 Å². The van der Waals surface area contributed by atoms with Crippen LogP contribution in [0.5, 0.6) is 0 Å². The molecular formula is H3CdInMgO2Sn. The van der Waals surface area contributed by atoms with E-state index in [2.05, 4.69) is 0 Å². The molecule has 0 atom stereocenters. The minimum atomic E-state index is 0. The van der Waals surface area contributed by atoms with E-state index in [0.29, 0.717) is 0 Å². The second-order valence-corrected chi connectivity index (χ2v) is 0. The van der Waals surface area contributed by atoms with Crippen LogP contribution in [0.15, 0.2) is 0 Å². The molecule has 0 aromatic carbocycles. The van der Waals surface area contributed by atoms with Crippen molar-refractivity contribution in [2.75, 3.05) is 0 Å². The van der Waals surface area contributed by atoms with E-state index in [9.17, 15) is 0 Å². The number of hydrogen-bond donors (Lipinski definition) is 0. The fraction of sp³-hybridized carbons (Fsp3) is 0.